The number of benzene rings is 1. The molecule has 1 aliphatic rings. The predicted octanol–water partition coefficient (Wildman–Crippen LogP) is 2.04. The van der Waals surface area contributed by atoms with Crippen molar-refractivity contribution in [3.05, 3.63) is 29.8 Å². The van der Waals surface area contributed by atoms with Crippen LogP contribution < -0.4 is 10.1 Å². The predicted molar refractivity (Wildman–Crippen MR) is 68.2 cm³/mol. The average Bonchev–Trinajstić information content (AvgIpc) is 2.39. The minimum absolute atomic E-state index is 0.104. The summed E-state index contributed by atoms with van der Waals surface area (Å²) < 4.78 is 5.33. The minimum atomic E-state index is -0.882. The summed E-state index contributed by atoms with van der Waals surface area (Å²) in [5.74, 6) is 0.755. The van der Waals surface area contributed by atoms with Gasteiger partial charge in [0.1, 0.15) is 11.4 Å². The summed E-state index contributed by atoms with van der Waals surface area (Å²) >= 11 is 0. The molecule has 0 amide bonds. The van der Waals surface area contributed by atoms with Crippen LogP contribution in [0.15, 0.2) is 24.3 Å². The largest absolute Gasteiger partial charge is 0.496 e. The standard InChI is InChI=1S/C14H21NO2/c1-14(16,13-9-5-6-10-15-13)11-7-3-4-8-12(11)17-2/h3-4,7-8,13,15-16H,5-6,9-10H2,1-2H3. The second kappa shape index (κ2) is 5.07. The smallest absolute Gasteiger partial charge is 0.124 e. The van der Waals surface area contributed by atoms with E-state index in [-0.39, 0.29) is 6.04 Å². The molecule has 1 aromatic rings. The Morgan fingerprint density at radius 2 is 2.12 bits per heavy atom. The highest BCUT2D eigenvalue weighted by Crippen LogP contribution is 2.34. The molecule has 1 heterocycles. The van der Waals surface area contributed by atoms with Crippen LogP contribution in [0.5, 0.6) is 5.75 Å². The maximum atomic E-state index is 10.8. The topological polar surface area (TPSA) is 41.5 Å². The third-order valence-electron chi connectivity index (χ3n) is 3.64. The molecule has 1 fully saturated rings. The summed E-state index contributed by atoms with van der Waals surface area (Å²) in [5, 5.41) is 14.2. The van der Waals surface area contributed by atoms with E-state index in [0.717, 1.165) is 24.3 Å². The number of ether oxygens (including phenoxy) is 1. The minimum Gasteiger partial charge on any atom is -0.496 e. The van der Waals surface area contributed by atoms with Crippen molar-refractivity contribution in [3.8, 4) is 5.75 Å². The van der Waals surface area contributed by atoms with Crippen molar-refractivity contribution in [1.29, 1.82) is 0 Å². The lowest BCUT2D eigenvalue weighted by Crippen LogP contribution is -2.49. The van der Waals surface area contributed by atoms with E-state index in [1.807, 2.05) is 31.2 Å². The molecule has 17 heavy (non-hydrogen) atoms. The molecule has 0 radical (unpaired) electrons. The molecule has 2 unspecified atom stereocenters. The number of rotatable bonds is 3. The molecule has 3 heteroatoms. The molecule has 0 bridgehead atoms. The van der Waals surface area contributed by atoms with E-state index in [1.54, 1.807) is 7.11 Å². The lowest BCUT2D eigenvalue weighted by Gasteiger charge is -2.37. The van der Waals surface area contributed by atoms with E-state index in [4.69, 9.17) is 4.74 Å². The van der Waals surface area contributed by atoms with Gasteiger partial charge in [0.2, 0.25) is 0 Å². The van der Waals surface area contributed by atoms with Gasteiger partial charge in [0.15, 0.2) is 0 Å². The fraction of sp³-hybridized carbons (Fsp3) is 0.571. The van der Waals surface area contributed by atoms with Crippen molar-refractivity contribution in [2.75, 3.05) is 13.7 Å². The summed E-state index contributed by atoms with van der Waals surface area (Å²) in [6, 6.07) is 7.80. The molecular weight excluding hydrogens is 214 g/mol. The van der Waals surface area contributed by atoms with Gasteiger partial charge in [0.05, 0.1) is 7.11 Å². The average molecular weight is 235 g/mol. The number of methoxy groups -OCH3 is 1. The first-order valence-electron chi connectivity index (χ1n) is 6.25. The molecular formula is C14H21NO2. The monoisotopic (exact) mass is 235 g/mol. The Labute approximate surface area is 103 Å². The number of hydrogen-bond acceptors (Lipinski definition) is 3. The summed E-state index contributed by atoms with van der Waals surface area (Å²) in [6.07, 6.45) is 3.37. The molecule has 3 nitrogen and oxygen atoms in total. The third kappa shape index (κ3) is 2.45. The molecule has 0 aromatic heterocycles. The van der Waals surface area contributed by atoms with Gasteiger partial charge in [-0.2, -0.15) is 0 Å². The third-order valence-corrected chi connectivity index (χ3v) is 3.64. The van der Waals surface area contributed by atoms with Gasteiger partial charge in [-0.1, -0.05) is 24.6 Å². The number of aliphatic hydroxyl groups is 1. The van der Waals surface area contributed by atoms with Crippen molar-refractivity contribution in [3.63, 3.8) is 0 Å². The van der Waals surface area contributed by atoms with Crippen molar-refractivity contribution in [1.82, 2.24) is 5.32 Å². The first kappa shape index (κ1) is 12.4. The van der Waals surface area contributed by atoms with E-state index < -0.39 is 5.60 Å². The highest BCUT2D eigenvalue weighted by Gasteiger charge is 2.36. The molecule has 0 aliphatic carbocycles. The van der Waals surface area contributed by atoms with Crippen LogP contribution in [0.25, 0.3) is 0 Å². The Balaban J connectivity index is 2.29. The van der Waals surface area contributed by atoms with Crippen LogP contribution in [-0.4, -0.2) is 24.8 Å². The van der Waals surface area contributed by atoms with Crippen molar-refractivity contribution in [2.45, 2.75) is 37.8 Å². The van der Waals surface area contributed by atoms with Crippen molar-refractivity contribution < 1.29 is 9.84 Å². The molecule has 94 valence electrons. The number of para-hydroxylation sites is 1. The van der Waals surface area contributed by atoms with Gasteiger partial charge in [-0.25, -0.2) is 0 Å². The second-order valence-corrected chi connectivity index (χ2v) is 4.85. The summed E-state index contributed by atoms with van der Waals surface area (Å²) in [7, 11) is 1.64. The first-order valence-corrected chi connectivity index (χ1v) is 6.25. The van der Waals surface area contributed by atoms with E-state index in [0.29, 0.717) is 0 Å². The zero-order chi connectivity index (χ0) is 12.3. The lowest BCUT2D eigenvalue weighted by atomic mass is 9.83. The number of piperidine rings is 1. The quantitative estimate of drug-likeness (QED) is 0.842. The molecule has 1 aromatic carbocycles. The van der Waals surface area contributed by atoms with E-state index in [2.05, 4.69) is 5.32 Å². The zero-order valence-electron chi connectivity index (χ0n) is 10.6. The van der Waals surface area contributed by atoms with Gasteiger partial charge >= 0.3 is 0 Å². The normalized spacial score (nSPS) is 24.1. The van der Waals surface area contributed by atoms with Crippen LogP contribution in [0, 0.1) is 0 Å². The molecule has 2 N–H and O–H groups in total. The Bertz CT molecular complexity index is 370. The van der Waals surface area contributed by atoms with Crippen LogP contribution in [0.4, 0.5) is 0 Å². The van der Waals surface area contributed by atoms with Crippen LogP contribution >= 0.6 is 0 Å². The fourth-order valence-corrected chi connectivity index (χ4v) is 2.58. The Kier molecular flexibility index (Phi) is 3.69. The maximum absolute atomic E-state index is 10.8. The van der Waals surface area contributed by atoms with Crippen LogP contribution in [0.2, 0.25) is 0 Å². The van der Waals surface area contributed by atoms with E-state index in [1.165, 1.54) is 12.8 Å². The second-order valence-electron chi connectivity index (χ2n) is 4.85. The van der Waals surface area contributed by atoms with Crippen LogP contribution in [0.3, 0.4) is 0 Å². The number of hydrogen-bond donors (Lipinski definition) is 2. The van der Waals surface area contributed by atoms with Gasteiger partial charge < -0.3 is 15.2 Å². The molecule has 0 spiro atoms. The summed E-state index contributed by atoms with van der Waals surface area (Å²) in [6.45, 7) is 2.85. The van der Waals surface area contributed by atoms with Gasteiger partial charge in [-0.3, -0.25) is 0 Å². The molecule has 0 saturated carbocycles. The van der Waals surface area contributed by atoms with Gasteiger partial charge in [0.25, 0.3) is 0 Å². The molecule has 1 saturated heterocycles. The number of nitrogens with one attached hydrogen (secondary N) is 1. The Morgan fingerprint density at radius 3 is 2.76 bits per heavy atom. The highest BCUT2D eigenvalue weighted by molar-refractivity contribution is 5.38. The molecule has 2 atom stereocenters. The maximum Gasteiger partial charge on any atom is 0.124 e. The van der Waals surface area contributed by atoms with Gasteiger partial charge in [-0.15, -0.1) is 0 Å². The fourth-order valence-electron chi connectivity index (χ4n) is 2.58. The molecule has 2 rings (SSSR count). The summed E-state index contributed by atoms with van der Waals surface area (Å²) in [4.78, 5) is 0. The van der Waals surface area contributed by atoms with Crippen molar-refractivity contribution in [2.24, 2.45) is 0 Å². The van der Waals surface area contributed by atoms with E-state index >= 15 is 0 Å². The van der Waals surface area contributed by atoms with Crippen molar-refractivity contribution >= 4 is 0 Å². The lowest BCUT2D eigenvalue weighted by molar-refractivity contribution is 0.00375. The van der Waals surface area contributed by atoms with Crippen LogP contribution in [0.1, 0.15) is 31.7 Å². The zero-order valence-corrected chi connectivity index (χ0v) is 10.6. The SMILES string of the molecule is COc1ccccc1C(C)(O)C1CCCCN1. The van der Waals surface area contributed by atoms with Gasteiger partial charge in [-0.05, 0) is 32.4 Å². The van der Waals surface area contributed by atoms with E-state index in [9.17, 15) is 5.11 Å². The molecule has 1 aliphatic heterocycles. The summed E-state index contributed by atoms with van der Waals surface area (Å²) in [5.41, 5.74) is -0.0191. The highest BCUT2D eigenvalue weighted by atomic mass is 16.5. The Hall–Kier alpha value is -1.06. The van der Waals surface area contributed by atoms with Crippen LogP contribution in [-0.2, 0) is 5.60 Å². The first-order chi connectivity index (χ1) is 8.16. The van der Waals surface area contributed by atoms with Gasteiger partial charge in [0, 0.05) is 11.6 Å². The Morgan fingerprint density at radius 1 is 1.35 bits per heavy atom.